The third-order valence-corrected chi connectivity index (χ3v) is 2.54. The molecule has 0 saturated carbocycles. The molecular weight excluding hydrogens is 240 g/mol. The monoisotopic (exact) mass is 250 g/mol. The van der Waals surface area contributed by atoms with Gasteiger partial charge >= 0.3 is 0 Å². The van der Waals surface area contributed by atoms with Gasteiger partial charge in [0.1, 0.15) is 5.75 Å². The lowest BCUT2D eigenvalue weighted by Gasteiger charge is -2.04. The van der Waals surface area contributed by atoms with Crippen molar-refractivity contribution in [2.75, 3.05) is 0 Å². The van der Waals surface area contributed by atoms with Crippen LogP contribution in [0.1, 0.15) is 23.0 Å². The number of benzene rings is 1. The van der Waals surface area contributed by atoms with Crippen LogP contribution in [-0.4, -0.2) is 16.0 Å². The van der Waals surface area contributed by atoms with E-state index in [0.717, 1.165) is 5.69 Å². The van der Waals surface area contributed by atoms with Crippen LogP contribution in [0.25, 0.3) is 0 Å². The van der Waals surface area contributed by atoms with Gasteiger partial charge in [-0.3, -0.25) is 9.89 Å². The molecule has 0 saturated heterocycles. The van der Waals surface area contributed by atoms with Crippen molar-refractivity contribution < 1.29 is 9.53 Å². The van der Waals surface area contributed by atoms with Crippen molar-refractivity contribution in [3.05, 3.63) is 40.5 Å². The first-order valence-electron chi connectivity index (χ1n) is 5.06. The highest BCUT2D eigenvalue weighted by Crippen LogP contribution is 2.26. The number of aromatic nitrogens is 2. The Kier molecular flexibility index (Phi) is 3.15. The lowest BCUT2D eigenvalue weighted by molar-refractivity contribution is 0.101. The Hall–Kier alpha value is -1.81. The van der Waals surface area contributed by atoms with E-state index in [1.54, 1.807) is 24.3 Å². The largest absolute Gasteiger partial charge is 0.437 e. The Morgan fingerprint density at radius 1 is 1.41 bits per heavy atom. The molecule has 1 N–H and O–H groups in total. The molecule has 4 nitrogen and oxygen atoms in total. The van der Waals surface area contributed by atoms with Crippen LogP contribution >= 0.6 is 11.6 Å². The number of hydrogen-bond acceptors (Lipinski definition) is 3. The average molecular weight is 251 g/mol. The number of aromatic amines is 1. The maximum atomic E-state index is 11.2. The number of hydrogen-bond donors (Lipinski definition) is 1. The van der Waals surface area contributed by atoms with Gasteiger partial charge in [-0.1, -0.05) is 11.6 Å². The van der Waals surface area contributed by atoms with Crippen molar-refractivity contribution in [2.24, 2.45) is 0 Å². The lowest BCUT2D eigenvalue weighted by atomic mass is 10.1. The zero-order valence-electron chi connectivity index (χ0n) is 9.45. The van der Waals surface area contributed by atoms with E-state index < -0.39 is 0 Å². The summed E-state index contributed by atoms with van der Waals surface area (Å²) in [6.45, 7) is 3.35. The van der Waals surface area contributed by atoms with E-state index in [2.05, 4.69) is 10.2 Å². The zero-order valence-corrected chi connectivity index (χ0v) is 10.2. The molecule has 1 heterocycles. The van der Waals surface area contributed by atoms with Crippen LogP contribution in [0.3, 0.4) is 0 Å². The van der Waals surface area contributed by atoms with Crippen LogP contribution < -0.4 is 4.74 Å². The highest BCUT2D eigenvalue weighted by Gasteiger charge is 2.08. The molecule has 0 aliphatic heterocycles. The van der Waals surface area contributed by atoms with Crippen LogP contribution in [-0.2, 0) is 0 Å². The maximum Gasteiger partial charge on any atom is 0.238 e. The second-order valence-electron chi connectivity index (χ2n) is 3.69. The smallest absolute Gasteiger partial charge is 0.238 e. The summed E-state index contributed by atoms with van der Waals surface area (Å²) in [6, 6.07) is 6.70. The SMILES string of the molecule is CC(=O)c1ccc(Oc2cc(C)[nH]n2)cc1Cl. The van der Waals surface area contributed by atoms with E-state index in [9.17, 15) is 4.79 Å². The summed E-state index contributed by atoms with van der Waals surface area (Å²) in [7, 11) is 0. The van der Waals surface area contributed by atoms with E-state index in [0.29, 0.717) is 22.2 Å². The standard InChI is InChI=1S/C12H11ClN2O2/c1-7-5-12(15-14-7)17-9-3-4-10(8(2)16)11(13)6-9/h3-6H,1-2H3,(H,14,15). The number of nitrogens with zero attached hydrogens (tertiary/aromatic N) is 1. The van der Waals surface area contributed by atoms with Gasteiger partial charge in [0.2, 0.25) is 5.88 Å². The molecule has 17 heavy (non-hydrogen) atoms. The van der Waals surface area contributed by atoms with E-state index >= 15 is 0 Å². The minimum Gasteiger partial charge on any atom is -0.437 e. The Bertz CT molecular complexity index is 563. The van der Waals surface area contributed by atoms with Crippen LogP contribution in [0.4, 0.5) is 0 Å². The van der Waals surface area contributed by atoms with Crippen LogP contribution in [0.5, 0.6) is 11.6 Å². The molecule has 1 aromatic heterocycles. The first-order chi connectivity index (χ1) is 8.06. The fourth-order valence-corrected chi connectivity index (χ4v) is 1.71. The second kappa shape index (κ2) is 4.59. The lowest BCUT2D eigenvalue weighted by Crippen LogP contribution is -1.93. The van der Waals surface area contributed by atoms with E-state index in [-0.39, 0.29) is 5.78 Å². The molecule has 2 rings (SSSR count). The quantitative estimate of drug-likeness (QED) is 0.850. The third kappa shape index (κ3) is 2.65. The number of carbonyl (C=O) groups is 1. The average Bonchev–Trinajstić information content (AvgIpc) is 2.63. The summed E-state index contributed by atoms with van der Waals surface area (Å²) in [4.78, 5) is 11.2. The second-order valence-corrected chi connectivity index (χ2v) is 4.10. The number of Topliss-reactive ketones (excluding diaryl/α,β-unsaturated/α-hetero) is 1. The van der Waals surface area contributed by atoms with Crippen molar-refractivity contribution in [1.82, 2.24) is 10.2 Å². The molecule has 0 bridgehead atoms. The third-order valence-electron chi connectivity index (χ3n) is 2.22. The highest BCUT2D eigenvalue weighted by atomic mass is 35.5. The molecule has 0 unspecified atom stereocenters. The first kappa shape index (κ1) is 11.7. The molecule has 0 radical (unpaired) electrons. The first-order valence-corrected chi connectivity index (χ1v) is 5.44. The molecular formula is C12H11ClN2O2. The maximum absolute atomic E-state index is 11.2. The van der Waals surface area contributed by atoms with Gasteiger partial charge in [-0.05, 0) is 26.0 Å². The number of nitrogens with one attached hydrogen (secondary N) is 1. The molecule has 5 heteroatoms. The van der Waals surface area contributed by atoms with Gasteiger partial charge in [-0.15, -0.1) is 5.10 Å². The molecule has 0 aliphatic carbocycles. The van der Waals surface area contributed by atoms with Gasteiger partial charge in [0, 0.05) is 23.4 Å². The molecule has 0 fully saturated rings. The van der Waals surface area contributed by atoms with E-state index in [4.69, 9.17) is 16.3 Å². The minimum atomic E-state index is -0.0721. The van der Waals surface area contributed by atoms with Gasteiger partial charge in [0.15, 0.2) is 5.78 Å². The number of halogens is 1. The van der Waals surface area contributed by atoms with Crippen molar-refractivity contribution >= 4 is 17.4 Å². The summed E-state index contributed by atoms with van der Waals surface area (Å²) in [5.41, 5.74) is 1.39. The summed E-state index contributed by atoms with van der Waals surface area (Å²) in [5.74, 6) is 0.942. The Morgan fingerprint density at radius 2 is 2.18 bits per heavy atom. The normalized spacial score (nSPS) is 10.3. The Morgan fingerprint density at radius 3 is 2.71 bits per heavy atom. The number of ether oxygens (including phenoxy) is 1. The number of ketones is 1. The summed E-state index contributed by atoms with van der Waals surface area (Å²) >= 11 is 5.97. The number of carbonyl (C=O) groups excluding carboxylic acids is 1. The molecule has 1 aromatic carbocycles. The molecule has 0 atom stereocenters. The van der Waals surface area contributed by atoms with Crippen LogP contribution in [0.15, 0.2) is 24.3 Å². The summed E-state index contributed by atoms with van der Waals surface area (Å²) < 4.78 is 5.48. The fraction of sp³-hybridized carbons (Fsp3) is 0.167. The van der Waals surface area contributed by atoms with Gasteiger partial charge in [-0.25, -0.2) is 0 Å². The van der Waals surface area contributed by atoms with Crippen LogP contribution in [0, 0.1) is 6.92 Å². The summed E-state index contributed by atoms with van der Waals surface area (Å²) in [6.07, 6.45) is 0. The molecule has 0 amide bonds. The van der Waals surface area contributed by atoms with Crippen molar-refractivity contribution in [3.63, 3.8) is 0 Å². The van der Waals surface area contributed by atoms with Crippen LogP contribution in [0.2, 0.25) is 5.02 Å². The zero-order chi connectivity index (χ0) is 12.4. The molecule has 2 aromatic rings. The van der Waals surface area contributed by atoms with Gasteiger partial charge in [0.25, 0.3) is 0 Å². The van der Waals surface area contributed by atoms with Gasteiger partial charge in [0.05, 0.1) is 5.02 Å². The molecule has 0 spiro atoms. The number of H-pyrrole nitrogens is 1. The highest BCUT2D eigenvalue weighted by molar-refractivity contribution is 6.34. The Balaban J connectivity index is 2.23. The number of rotatable bonds is 3. The minimum absolute atomic E-state index is 0.0721. The molecule has 0 aliphatic rings. The van der Waals surface area contributed by atoms with Gasteiger partial charge in [-0.2, -0.15) is 0 Å². The van der Waals surface area contributed by atoms with Crippen molar-refractivity contribution in [1.29, 1.82) is 0 Å². The van der Waals surface area contributed by atoms with Gasteiger partial charge < -0.3 is 4.74 Å². The predicted molar refractivity (Wildman–Crippen MR) is 64.9 cm³/mol. The van der Waals surface area contributed by atoms with Crippen molar-refractivity contribution in [2.45, 2.75) is 13.8 Å². The topological polar surface area (TPSA) is 55.0 Å². The molecule has 88 valence electrons. The fourth-order valence-electron chi connectivity index (χ4n) is 1.41. The van der Waals surface area contributed by atoms with E-state index in [1.165, 1.54) is 6.92 Å². The summed E-state index contributed by atoms with van der Waals surface area (Å²) in [5, 5.41) is 7.09. The predicted octanol–water partition coefficient (Wildman–Crippen LogP) is 3.37. The Labute approximate surface area is 104 Å². The van der Waals surface area contributed by atoms with E-state index in [1.807, 2.05) is 6.92 Å². The van der Waals surface area contributed by atoms with Crippen molar-refractivity contribution in [3.8, 4) is 11.6 Å². The number of aryl methyl sites for hydroxylation is 1.